The van der Waals surface area contributed by atoms with Gasteiger partial charge < -0.3 is 30.9 Å². The van der Waals surface area contributed by atoms with Gasteiger partial charge in [-0.1, -0.05) is 12.1 Å². The first-order chi connectivity index (χ1) is 20.3. The lowest BCUT2D eigenvalue weighted by molar-refractivity contribution is -0.153. The van der Waals surface area contributed by atoms with Crippen molar-refractivity contribution in [3.8, 4) is 11.5 Å². The van der Waals surface area contributed by atoms with E-state index >= 15 is 0 Å². The number of ether oxygens (including phenoxy) is 1. The van der Waals surface area contributed by atoms with Gasteiger partial charge in [0.2, 0.25) is 5.78 Å². The zero-order valence-corrected chi connectivity index (χ0v) is 24.7. The second-order valence-corrected chi connectivity index (χ2v) is 12.7. The summed E-state index contributed by atoms with van der Waals surface area (Å²) in [6, 6.07) is 4.61. The molecule has 2 fully saturated rings. The molecule has 0 aromatic heterocycles. The van der Waals surface area contributed by atoms with Crippen LogP contribution in [-0.2, 0) is 27.3 Å². The number of rotatable bonds is 6. The van der Waals surface area contributed by atoms with Crippen LogP contribution in [-0.4, -0.2) is 92.6 Å². The van der Waals surface area contributed by atoms with E-state index in [0.717, 1.165) is 25.1 Å². The number of aromatic hydroxyl groups is 1. The summed E-state index contributed by atoms with van der Waals surface area (Å²) >= 11 is 0. The number of primary amides is 1. The van der Waals surface area contributed by atoms with E-state index < -0.39 is 58.0 Å². The van der Waals surface area contributed by atoms with Crippen molar-refractivity contribution < 1.29 is 39.5 Å². The molecule has 11 heteroatoms. The Hall–Kier alpha value is -3.93. The van der Waals surface area contributed by atoms with Gasteiger partial charge >= 0.3 is 0 Å². The molecule has 228 valence electrons. The first kappa shape index (κ1) is 29.2. The van der Waals surface area contributed by atoms with Crippen LogP contribution in [0.15, 0.2) is 35.1 Å². The number of carbonyl (C=O) groups is 3. The fourth-order valence-corrected chi connectivity index (χ4v) is 7.39. The Balaban J connectivity index is 1.57. The number of phenolic OH excluding ortho intramolecular Hbond substituents is 1. The number of hydrogen-bond acceptors (Lipinski definition) is 10. The third-order valence-corrected chi connectivity index (χ3v) is 9.42. The number of aliphatic hydroxyl groups is 3. The standard InChI is InChI=1S/C32H37N3O8/c1-14(2)43-28-17-7-6-15(13-35-8-5-9-35)10-18(17)25(36)22-19(28)11-16-12-20-24(34(3)4)27(38)23(31(33)41)30(40)32(20,42)29(39)21(16)26(22)37/h6-7,10,14,16,20,24,36-37,40,42H,5,8-9,11-13H2,1-4H3,(H2,33,41)/t16-,20-,24-,32-/m0/s1. The molecule has 1 amide bonds. The lowest BCUT2D eigenvalue weighted by Crippen LogP contribution is -2.65. The fraction of sp³-hybridized carbons (Fsp3) is 0.469. The van der Waals surface area contributed by atoms with Crippen molar-refractivity contribution in [2.45, 2.75) is 57.4 Å². The summed E-state index contributed by atoms with van der Waals surface area (Å²) in [4.78, 5) is 43.5. The van der Waals surface area contributed by atoms with Crippen molar-refractivity contribution in [2.75, 3.05) is 27.2 Å². The van der Waals surface area contributed by atoms with Gasteiger partial charge in [-0.2, -0.15) is 0 Å². The number of nitrogens with two attached hydrogens (primary N) is 1. The number of likely N-dealkylation sites (N-methyl/N-ethyl adjacent to an activating group) is 1. The minimum Gasteiger partial charge on any atom is -0.508 e. The van der Waals surface area contributed by atoms with Crippen LogP contribution >= 0.6 is 0 Å². The Morgan fingerprint density at radius 2 is 1.86 bits per heavy atom. The second kappa shape index (κ2) is 10.1. The Bertz CT molecular complexity index is 1650. The number of likely N-dealkylation sites (tertiary alicyclic amines) is 1. The SMILES string of the molecule is CC(C)Oc1c2c(c(O)c3cc(CN4CCC4)ccc13)C(O)=C1C(=O)[C@]3(O)C(O)=C(C(N)=O)C(=O)[C@@H](N(C)C)[C@@H]3C[C@@H]1C2. The number of hydrogen-bond donors (Lipinski definition) is 5. The molecule has 1 saturated heterocycles. The van der Waals surface area contributed by atoms with Gasteiger partial charge in [0, 0.05) is 34.4 Å². The Labute approximate surface area is 248 Å². The van der Waals surface area contributed by atoms with Gasteiger partial charge in [-0.05, 0) is 77.8 Å². The Morgan fingerprint density at radius 3 is 2.44 bits per heavy atom. The number of aliphatic hydroxyl groups excluding tert-OH is 2. The second-order valence-electron chi connectivity index (χ2n) is 12.7. The number of phenols is 1. The predicted octanol–water partition coefficient (Wildman–Crippen LogP) is 2.11. The smallest absolute Gasteiger partial charge is 0.255 e. The highest BCUT2D eigenvalue weighted by atomic mass is 16.5. The van der Waals surface area contributed by atoms with Gasteiger partial charge in [0.05, 0.1) is 17.7 Å². The van der Waals surface area contributed by atoms with Gasteiger partial charge in [-0.25, -0.2) is 0 Å². The predicted molar refractivity (Wildman–Crippen MR) is 157 cm³/mol. The zero-order valence-electron chi connectivity index (χ0n) is 24.7. The number of Topliss-reactive ketones (excluding diaryl/α,β-unsaturated/α-hetero) is 2. The molecule has 0 bridgehead atoms. The summed E-state index contributed by atoms with van der Waals surface area (Å²) < 4.78 is 6.30. The molecule has 1 saturated carbocycles. The highest BCUT2D eigenvalue weighted by Gasteiger charge is 2.64. The first-order valence-electron chi connectivity index (χ1n) is 14.6. The minimum absolute atomic E-state index is 0.0143. The maximum atomic E-state index is 14.2. The highest BCUT2D eigenvalue weighted by molar-refractivity contribution is 6.24. The van der Waals surface area contributed by atoms with Crippen LogP contribution in [0.4, 0.5) is 0 Å². The third-order valence-electron chi connectivity index (χ3n) is 9.42. The molecule has 6 rings (SSSR count). The van der Waals surface area contributed by atoms with E-state index in [2.05, 4.69) is 4.90 Å². The average Bonchev–Trinajstić information content (AvgIpc) is 2.90. The van der Waals surface area contributed by atoms with Gasteiger partial charge in [0.15, 0.2) is 11.4 Å². The van der Waals surface area contributed by atoms with Gasteiger partial charge in [-0.15, -0.1) is 0 Å². The van der Waals surface area contributed by atoms with E-state index in [0.29, 0.717) is 28.6 Å². The van der Waals surface area contributed by atoms with Crippen molar-refractivity contribution in [1.82, 2.24) is 9.80 Å². The quantitative estimate of drug-likeness (QED) is 0.313. The van der Waals surface area contributed by atoms with Crippen LogP contribution in [0.25, 0.3) is 16.5 Å². The van der Waals surface area contributed by atoms with Crippen molar-refractivity contribution in [3.63, 3.8) is 0 Å². The molecule has 4 atom stereocenters. The van der Waals surface area contributed by atoms with Gasteiger partial charge in [-0.3, -0.25) is 24.2 Å². The molecule has 3 aliphatic carbocycles. The van der Waals surface area contributed by atoms with Crippen LogP contribution in [0, 0.1) is 11.8 Å². The summed E-state index contributed by atoms with van der Waals surface area (Å²) in [7, 11) is 3.14. The summed E-state index contributed by atoms with van der Waals surface area (Å²) in [5.74, 6) is -6.29. The largest absolute Gasteiger partial charge is 0.508 e. The molecule has 2 aromatic rings. The summed E-state index contributed by atoms with van der Waals surface area (Å²) in [5, 5.41) is 47.4. The number of fused-ring (bicyclic) bond motifs is 4. The van der Waals surface area contributed by atoms with E-state index in [1.807, 2.05) is 32.0 Å². The van der Waals surface area contributed by atoms with E-state index in [1.165, 1.54) is 4.90 Å². The molecule has 1 aliphatic heterocycles. The van der Waals surface area contributed by atoms with Crippen molar-refractivity contribution in [3.05, 3.63) is 51.8 Å². The molecular weight excluding hydrogens is 554 g/mol. The zero-order chi connectivity index (χ0) is 31.1. The van der Waals surface area contributed by atoms with E-state index in [9.17, 15) is 34.8 Å². The molecule has 4 aliphatic rings. The van der Waals surface area contributed by atoms with Crippen molar-refractivity contribution in [1.29, 1.82) is 0 Å². The van der Waals surface area contributed by atoms with Gasteiger partial charge in [0.25, 0.3) is 5.91 Å². The topological polar surface area (TPSA) is 174 Å². The van der Waals surface area contributed by atoms with E-state index in [-0.39, 0.29) is 35.8 Å². The third kappa shape index (κ3) is 4.16. The Morgan fingerprint density at radius 1 is 1.16 bits per heavy atom. The average molecular weight is 592 g/mol. The monoisotopic (exact) mass is 591 g/mol. The van der Waals surface area contributed by atoms with Crippen LogP contribution in [0.2, 0.25) is 0 Å². The molecular formula is C32H37N3O8. The lowest BCUT2D eigenvalue weighted by Gasteiger charge is -2.50. The van der Waals surface area contributed by atoms with Crippen LogP contribution in [0.1, 0.15) is 43.4 Å². The van der Waals surface area contributed by atoms with Crippen LogP contribution in [0.3, 0.4) is 0 Å². The molecule has 11 nitrogen and oxygen atoms in total. The molecule has 1 heterocycles. The normalized spacial score (nSPS) is 27.4. The summed E-state index contributed by atoms with van der Waals surface area (Å²) in [5.41, 5.74) is 3.22. The molecule has 6 N–H and O–H groups in total. The van der Waals surface area contributed by atoms with Crippen molar-refractivity contribution >= 4 is 34.0 Å². The molecule has 43 heavy (non-hydrogen) atoms. The number of amides is 1. The molecule has 0 spiro atoms. The number of benzene rings is 2. The lowest BCUT2D eigenvalue weighted by atomic mass is 9.57. The Kier molecular flexibility index (Phi) is 6.83. The highest BCUT2D eigenvalue weighted by Crippen LogP contribution is 2.55. The number of ketones is 2. The fourth-order valence-electron chi connectivity index (χ4n) is 7.39. The minimum atomic E-state index is -2.68. The summed E-state index contributed by atoms with van der Waals surface area (Å²) in [6.07, 6.45) is 1.07. The first-order valence-corrected chi connectivity index (χ1v) is 14.6. The molecule has 0 unspecified atom stereocenters. The van der Waals surface area contributed by atoms with Crippen LogP contribution in [0.5, 0.6) is 11.5 Å². The molecule has 2 aromatic carbocycles. The molecule has 0 radical (unpaired) electrons. The van der Waals surface area contributed by atoms with Crippen LogP contribution < -0.4 is 10.5 Å². The number of carbonyl (C=O) groups excluding carboxylic acids is 3. The van der Waals surface area contributed by atoms with Gasteiger partial charge in [0.1, 0.15) is 28.6 Å². The summed E-state index contributed by atoms with van der Waals surface area (Å²) in [6.45, 7) is 6.44. The number of nitrogens with zero attached hydrogens (tertiary/aromatic N) is 2. The maximum absolute atomic E-state index is 14.2. The van der Waals surface area contributed by atoms with E-state index in [4.69, 9.17) is 10.5 Å². The maximum Gasteiger partial charge on any atom is 0.255 e. The van der Waals surface area contributed by atoms with E-state index in [1.54, 1.807) is 14.1 Å². The van der Waals surface area contributed by atoms with Crippen molar-refractivity contribution in [2.24, 2.45) is 17.6 Å².